The molecule has 3 rings (SSSR count). The van der Waals surface area contributed by atoms with E-state index < -0.39 is 0 Å². The minimum Gasteiger partial charge on any atom is -0.380 e. The highest BCUT2D eigenvalue weighted by atomic mass is 79.9. The second kappa shape index (κ2) is 5.51. The average Bonchev–Trinajstić information content (AvgIpc) is 2.35. The van der Waals surface area contributed by atoms with Gasteiger partial charge in [0.05, 0.1) is 16.9 Å². The summed E-state index contributed by atoms with van der Waals surface area (Å²) in [5.41, 5.74) is 2.34. The molecular weight excluding hydrogens is 324 g/mol. The van der Waals surface area contributed by atoms with Gasteiger partial charge in [0.25, 0.3) is 0 Å². The summed E-state index contributed by atoms with van der Waals surface area (Å²) in [7, 11) is 0. The lowest BCUT2D eigenvalue weighted by atomic mass is 9.76. The summed E-state index contributed by atoms with van der Waals surface area (Å²) in [4.78, 5) is 4.09. The van der Waals surface area contributed by atoms with Gasteiger partial charge in [0.1, 0.15) is 0 Å². The minimum absolute atomic E-state index is 0.491. The molecule has 4 heteroatoms. The number of pyridine rings is 1. The van der Waals surface area contributed by atoms with Crippen LogP contribution in [0, 0.1) is 0 Å². The molecule has 2 aromatic rings. The molecule has 0 unspecified atom stereocenters. The van der Waals surface area contributed by atoms with Crippen molar-refractivity contribution in [2.24, 2.45) is 0 Å². The molecule has 1 fully saturated rings. The SMILES string of the molecule is Clc1ccncc1NC1CC(c2cccc(Br)c2)C1. The first-order valence-electron chi connectivity index (χ1n) is 6.34. The average molecular weight is 338 g/mol. The van der Waals surface area contributed by atoms with E-state index in [1.807, 2.05) is 6.07 Å². The maximum absolute atomic E-state index is 6.11. The van der Waals surface area contributed by atoms with Crippen molar-refractivity contribution < 1.29 is 0 Å². The zero-order valence-electron chi connectivity index (χ0n) is 10.3. The number of nitrogens with one attached hydrogen (secondary N) is 1. The van der Waals surface area contributed by atoms with Gasteiger partial charge in [0, 0.05) is 16.7 Å². The summed E-state index contributed by atoms with van der Waals surface area (Å²) in [6, 6.07) is 10.9. The van der Waals surface area contributed by atoms with Crippen LogP contribution in [0.15, 0.2) is 47.2 Å². The lowest BCUT2D eigenvalue weighted by molar-refractivity contribution is 0.374. The largest absolute Gasteiger partial charge is 0.380 e. The molecular formula is C15H14BrClN2. The fourth-order valence-electron chi connectivity index (χ4n) is 2.47. The topological polar surface area (TPSA) is 24.9 Å². The summed E-state index contributed by atoms with van der Waals surface area (Å²) >= 11 is 9.64. The van der Waals surface area contributed by atoms with E-state index in [1.165, 1.54) is 5.56 Å². The molecule has 0 amide bonds. The highest BCUT2D eigenvalue weighted by molar-refractivity contribution is 9.10. The Labute approximate surface area is 126 Å². The van der Waals surface area contributed by atoms with Crippen molar-refractivity contribution in [2.75, 3.05) is 5.32 Å². The quantitative estimate of drug-likeness (QED) is 0.865. The van der Waals surface area contributed by atoms with Crippen molar-refractivity contribution in [1.29, 1.82) is 0 Å². The van der Waals surface area contributed by atoms with E-state index >= 15 is 0 Å². The maximum atomic E-state index is 6.11. The predicted octanol–water partition coefficient (Wildman–Crippen LogP) is 4.86. The van der Waals surface area contributed by atoms with Crippen LogP contribution in [0.4, 0.5) is 5.69 Å². The Morgan fingerprint density at radius 2 is 2.11 bits per heavy atom. The summed E-state index contributed by atoms with van der Waals surface area (Å²) in [5.74, 6) is 0.644. The second-order valence-electron chi connectivity index (χ2n) is 4.92. The van der Waals surface area contributed by atoms with Gasteiger partial charge in [-0.25, -0.2) is 0 Å². The Kier molecular flexibility index (Phi) is 3.76. The first-order chi connectivity index (χ1) is 9.22. The summed E-state index contributed by atoms with van der Waals surface area (Å²) < 4.78 is 1.15. The number of benzene rings is 1. The van der Waals surface area contributed by atoms with Crippen molar-refractivity contribution in [3.8, 4) is 0 Å². The van der Waals surface area contributed by atoms with Gasteiger partial charge in [-0.2, -0.15) is 0 Å². The van der Waals surface area contributed by atoms with Crippen molar-refractivity contribution in [2.45, 2.75) is 24.8 Å². The highest BCUT2D eigenvalue weighted by Gasteiger charge is 2.30. The molecule has 1 aliphatic rings. The van der Waals surface area contributed by atoms with E-state index in [-0.39, 0.29) is 0 Å². The third kappa shape index (κ3) is 2.93. The number of nitrogens with zero attached hydrogens (tertiary/aromatic N) is 1. The number of rotatable bonds is 3. The van der Waals surface area contributed by atoms with Crippen LogP contribution in [0.5, 0.6) is 0 Å². The Bertz CT molecular complexity index is 582. The van der Waals surface area contributed by atoms with Crippen molar-refractivity contribution in [3.63, 3.8) is 0 Å². The molecule has 1 aliphatic carbocycles. The van der Waals surface area contributed by atoms with Crippen LogP contribution in [0.2, 0.25) is 5.02 Å². The molecule has 1 aromatic carbocycles. The van der Waals surface area contributed by atoms with E-state index in [1.54, 1.807) is 12.4 Å². The molecule has 2 nitrogen and oxygen atoms in total. The molecule has 0 spiro atoms. The van der Waals surface area contributed by atoms with Crippen LogP contribution in [-0.4, -0.2) is 11.0 Å². The van der Waals surface area contributed by atoms with E-state index in [2.05, 4.69) is 50.5 Å². The van der Waals surface area contributed by atoms with Crippen LogP contribution in [0.25, 0.3) is 0 Å². The smallest absolute Gasteiger partial charge is 0.0718 e. The number of hydrogen-bond acceptors (Lipinski definition) is 2. The lowest BCUT2D eigenvalue weighted by Gasteiger charge is -2.37. The predicted molar refractivity (Wildman–Crippen MR) is 82.8 cm³/mol. The molecule has 0 bridgehead atoms. The molecule has 0 saturated heterocycles. The molecule has 0 radical (unpaired) electrons. The third-order valence-corrected chi connectivity index (χ3v) is 4.41. The van der Waals surface area contributed by atoms with Gasteiger partial charge in [0.15, 0.2) is 0 Å². The molecule has 98 valence electrons. The van der Waals surface area contributed by atoms with Gasteiger partial charge in [0.2, 0.25) is 0 Å². The van der Waals surface area contributed by atoms with Gasteiger partial charge in [-0.05, 0) is 42.5 Å². The number of halogens is 2. The number of aromatic nitrogens is 1. The van der Waals surface area contributed by atoms with Crippen LogP contribution in [0.3, 0.4) is 0 Å². The zero-order valence-corrected chi connectivity index (χ0v) is 12.7. The Morgan fingerprint density at radius 3 is 2.84 bits per heavy atom. The Balaban J connectivity index is 1.60. The standard InChI is InChI=1S/C15H14BrClN2/c16-12-3-1-2-10(6-12)11-7-13(8-11)19-15-9-18-5-4-14(15)17/h1-6,9,11,13,19H,7-8H2. The number of hydrogen-bond donors (Lipinski definition) is 1. The van der Waals surface area contributed by atoms with E-state index in [0.29, 0.717) is 12.0 Å². The normalized spacial score (nSPS) is 21.8. The number of anilines is 1. The second-order valence-corrected chi connectivity index (χ2v) is 6.24. The van der Waals surface area contributed by atoms with Gasteiger partial charge < -0.3 is 5.32 Å². The molecule has 1 aromatic heterocycles. The summed E-state index contributed by atoms with van der Waals surface area (Å²) in [6.07, 6.45) is 5.77. The Hall–Kier alpha value is -1.06. The lowest BCUT2D eigenvalue weighted by Crippen LogP contribution is -2.34. The highest BCUT2D eigenvalue weighted by Crippen LogP contribution is 2.39. The molecule has 1 heterocycles. The molecule has 1 saturated carbocycles. The molecule has 1 N–H and O–H groups in total. The van der Waals surface area contributed by atoms with Crippen LogP contribution in [0.1, 0.15) is 24.3 Å². The zero-order chi connectivity index (χ0) is 13.2. The third-order valence-electron chi connectivity index (χ3n) is 3.59. The van der Waals surface area contributed by atoms with E-state index in [9.17, 15) is 0 Å². The van der Waals surface area contributed by atoms with Crippen molar-refractivity contribution in [1.82, 2.24) is 4.98 Å². The molecule has 0 atom stereocenters. The summed E-state index contributed by atoms with van der Waals surface area (Å²) in [5, 5.41) is 4.19. The minimum atomic E-state index is 0.491. The van der Waals surface area contributed by atoms with Crippen LogP contribution < -0.4 is 5.32 Å². The molecule has 0 aliphatic heterocycles. The van der Waals surface area contributed by atoms with Crippen LogP contribution >= 0.6 is 27.5 Å². The first-order valence-corrected chi connectivity index (χ1v) is 7.51. The van der Waals surface area contributed by atoms with Gasteiger partial charge in [-0.1, -0.05) is 39.7 Å². The maximum Gasteiger partial charge on any atom is 0.0718 e. The van der Waals surface area contributed by atoms with E-state index in [0.717, 1.165) is 28.0 Å². The fourth-order valence-corrected chi connectivity index (χ4v) is 3.05. The first kappa shape index (κ1) is 12.9. The monoisotopic (exact) mass is 336 g/mol. The van der Waals surface area contributed by atoms with Crippen LogP contribution in [-0.2, 0) is 0 Å². The summed E-state index contributed by atoms with van der Waals surface area (Å²) in [6.45, 7) is 0. The van der Waals surface area contributed by atoms with Gasteiger partial charge in [-0.15, -0.1) is 0 Å². The Morgan fingerprint density at radius 1 is 1.26 bits per heavy atom. The van der Waals surface area contributed by atoms with E-state index in [4.69, 9.17) is 11.6 Å². The van der Waals surface area contributed by atoms with Crippen molar-refractivity contribution in [3.05, 3.63) is 57.8 Å². The van der Waals surface area contributed by atoms with Gasteiger partial charge >= 0.3 is 0 Å². The van der Waals surface area contributed by atoms with Crippen molar-refractivity contribution >= 4 is 33.2 Å². The molecule has 19 heavy (non-hydrogen) atoms. The van der Waals surface area contributed by atoms with Gasteiger partial charge in [-0.3, -0.25) is 4.98 Å². The fraction of sp³-hybridized carbons (Fsp3) is 0.267.